The molecule has 0 saturated heterocycles. The molecule has 0 atom stereocenters. The summed E-state index contributed by atoms with van der Waals surface area (Å²) in [5.74, 6) is -0.332. The number of ether oxygens (including phenoxy) is 3. The van der Waals surface area contributed by atoms with Crippen molar-refractivity contribution in [3.63, 3.8) is 0 Å². The number of carbonyl (C=O) groups is 1. The third-order valence-electron chi connectivity index (χ3n) is 3.38. The Morgan fingerprint density at radius 3 is 1.96 bits per heavy atom. The third kappa shape index (κ3) is 3.65. The van der Waals surface area contributed by atoms with E-state index in [-0.39, 0.29) is 5.57 Å². The van der Waals surface area contributed by atoms with E-state index in [9.17, 15) is 14.3 Å². The number of hydrogen-bond donors (Lipinski definition) is 1. The number of methoxy groups -OCH3 is 3. The summed E-state index contributed by atoms with van der Waals surface area (Å²) in [6.45, 7) is 0. The molecule has 0 unspecified atom stereocenters. The molecule has 6 heteroatoms. The molecule has 126 valence electrons. The highest BCUT2D eigenvalue weighted by atomic mass is 19.1. The van der Waals surface area contributed by atoms with Gasteiger partial charge in [-0.3, -0.25) is 0 Å². The molecule has 0 saturated carbocycles. The smallest absolute Gasteiger partial charge is 0.336 e. The number of hydrogen-bond acceptors (Lipinski definition) is 4. The average Bonchev–Trinajstić information content (AvgIpc) is 2.59. The fourth-order valence-corrected chi connectivity index (χ4v) is 2.25. The molecular formula is C18H17FO5. The number of aliphatic carboxylic acids is 1. The van der Waals surface area contributed by atoms with E-state index in [1.807, 2.05) is 0 Å². The van der Waals surface area contributed by atoms with E-state index in [0.29, 0.717) is 28.4 Å². The van der Waals surface area contributed by atoms with Crippen molar-refractivity contribution >= 4 is 17.6 Å². The second kappa shape index (κ2) is 7.50. The van der Waals surface area contributed by atoms with Crippen molar-refractivity contribution < 1.29 is 28.5 Å². The predicted molar refractivity (Wildman–Crippen MR) is 88.0 cm³/mol. The minimum absolute atomic E-state index is 0.0178. The van der Waals surface area contributed by atoms with Crippen molar-refractivity contribution in [2.75, 3.05) is 21.3 Å². The second-order valence-electron chi connectivity index (χ2n) is 4.83. The summed E-state index contributed by atoms with van der Waals surface area (Å²) in [6.07, 6.45) is 1.46. The highest BCUT2D eigenvalue weighted by Crippen LogP contribution is 2.39. The molecule has 0 aliphatic rings. The zero-order chi connectivity index (χ0) is 17.7. The van der Waals surface area contributed by atoms with Crippen LogP contribution < -0.4 is 14.2 Å². The van der Waals surface area contributed by atoms with Gasteiger partial charge in [-0.05, 0) is 41.5 Å². The van der Waals surface area contributed by atoms with E-state index in [1.165, 1.54) is 51.7 Å². The first-order valence-corrected chi connectivity index (χ1v) is 7.01. The Balaban J connectivity index is 2.57. The first-order valence-electron chi connectivity index (χ1n) is 7.01. The van der Waals surface area contributed by atoms with E-state index in [2.05, 4.69) is 0 Å². The van der Waals surface area contributed by atoms with Gasteiger partial charge in [-0.1, -0.05) is 12.1 Å². The summed E-state index contributed by atoms with van der Waals surface area (Å²) in [4.78, 5) is 11.6. The molecule has 0 aliphatic carbocycles. The highest BCUT2D eigenvalue weighted by molar-refractivity contribution is 6.20. The second-order valence-corrected chi connectivity index (χ2v) is 4.83. The van der Waals surface area contributed by atoms with Crippen LogP contribution in [-0.4, -0.2) is 32.4 Å². The Labute approximate surface area is 138 Å². The molecule has 0 radical (unpaired) electrons. The van der Waals surface area contributed by atoms with Crippen molar-refractivity contribution in [3.8, 4) is 17.2 Å². The Hall–Kier alpha value is -3.02. The Morgan fingerprint density at radius 2 is 1.54 bits per heavy atom. The van der Waals surface area contributed by atoms with Gasteiger partial charge in [-0.25, -0.2) is 9.18 Å². The molecule has 0 aromatic heterocycles. The average molecular weight is 332 g/mol. The lowest BCUT2D eigenvalue weighted by Gasteiger charge is -2.13. The molecule has 2 rings (SSSR count). The predicted octanol–water partition coefficient (Wildman–Crippen LogP) is 3.48. The summed E-state index contributed by atoms with van der Waals surface area (Å²) >= 11 is 0. The van der Waals surface area contributed by atoms with Gasteiger partial charge in [0.2, 0.25) is 5.75 Å². The minimum atomic E-state index is -1.13. The van der Waals surface area contributed by atoms with E-state index in [0.717, 1.165) is 0 Å². The van der Waals surface area contributed by atoms with Crippen LogP contribution in [0.1, 0.15) is 11.1 Å². The topological polar surface area (TPSA) is 65.0 Å². The Morgan fingerprint density at radius 1 is 1.00 bits per heavy atom. The maximum absolute atomic E-state index is 13.0. The quantitative estimate of drug-likeness (QED) is 0.648. The lowest BCUT2D eigenvalue weighted by atomic mass is 10.0. The standard InChI is InChI=1S/C18H17FO5/c1-22-15-9-11(10-16(23-2)17(15)24-3)8-14(18(20)21)12-4-6-13(19)7-5-12/h4-10H,1-3H3,(H,20,21)/b14-8+. The number of benzene rings is 2. The number of halogens is 1. The lowest BCUT2D eigenvalue weighted by Crippen LogP contribution is -2.00. The first-order chi connectivity index (χ1) is 11.5. The fourth-order valence-electron chi connectivity index (χ4n) is 2.25. The van der Waals surface area contributed by atoms with Crippen molar-refractivity contribution in [1.29, 1.82) is 0 Å². The van der Waals surface area contributed by atoms with Gasteiger partial charge in [0.25, 0.3) is 0 Å². The van der Waals surface area contributed by atoms with Crippen LogP contribution in [0.2, 0.25) is 0 Å². The molecule has 5 nitrogen and oxygen atoms in total. The van der Waals surface area contributed by atoms with Gasteiger partial charge in [0.05, 0.1) is 26.9 Å². The van der Waals surface area contributed by atoms with E-state index in [1.54, 1.807) is 12.1 Å². The van der Waals surface area contributed by atoms with Crippen LogP contribution in [0.25, 0.3) is 11.6 Å². The van der Waals surface area contributed by atoms with Crippen LogP contribution in [0.15, 0.2) is 36.4 Å². The normalized spacial score (nSPS) is 11.1. The number of carboxylic acid groups (broad SMARTS) is 1. The van der Waals surface area contributed by atoms with Gasteiger partial charge in [-0.2, -0.15) is 0 Å². The fraction of sp³-hybridized carbons (Fsp3) is 0.167. The molecular weight excluding hydrogens is 315 g/mol. The zero-order valence-corrected chi connectivity index (χ0v) is 13.5. The van der Waals surface area contributed by atoms with Gasteiger partial charge >= 0.3 is 5.97 Å². The maximum Gasteiger partial charge on any atom is 0.336 e. The Bertz CT molecular complexity index is 740. The first kappa shape index (κ1) is 17.3. The molecule has 0 heterocycles. The zero-order valence-electron chi connectivity index (χ0n) is 13.5. The highest BCUT2D eigenvalue weighted by Gasteiger charge is 2.15. The third-order valence-corrected chi connectivity index (χ3v) is 3.38. The van der Waals surface area contributed by atoms with Gasteiger partial charge in [0.15, 0.2) is 11.5 Å². The van der Waals surface area contributed by atoms with Crippen LogP contribution in [0.4, 0.5) is 4.39 Å². The van der Waals surface area contributed by atoms with Gasteiger partial charge in [0.1, 0.15) is 5.82 Å². The van der Waals surface area contributed by atoms with Crippen LogP contribution in [0.3, 0.4) is 0 Å². The molecule has 0 fully saturated rings. The molecule has 2 aromatic carbocycles. The van der Waals surface area contributed by atoms with Crippen molar-refractivity contribution in [2.45, 2.75) is 0 Å². The SMILES string of the molecule is COc1cc(/C=C(/C(=O)O)c2ccc(F)cc2)cc(OC)c1OC. The summed E-state index contributed by atoms with van der Waals surface area (Å²) in [6, 6.07) is 8.50. The van der Waals surface area contributed by atoms with Crippen LogP contribution in [0, 0.1) is 5.82 Å². The van der Waals surface area contributed by atoms with E-state index < -0.39 is 11.8 Å². The molecule has 1 N–H and O–H groups in total. The van der Waals surface area contributed by atoms with Gasteiger partial charge in [0, 0.05) is 0 Å². The molecule has 0 aliphatic heterocycles. The van der Waals surface area contributed by atoms with Crippen molar-refractivity contribution in [3.05, 3.63) is 53.3 Å². The summed E-state index contributed by atoms with van der Waals surface area (Å²) < 4.78 is 28.8. The maximum atomic E-state index is 13.0. The number of rotatable bonds is 6. The Kier molecular flexibility index (Phi) is 5.42. The molecule has 0 spiro atoms. The van der Waals surface area contributed by atoms with Crippen LogP contribution in [0.5, 0.6) is 17.2 Å². The lowest BCUT2D eigenvalue weighted by molar-refractivity contribution is -0.130. The summed E-state index contributed by atoms with van der Waals surface area (Å²) in [5.41, 5.74) is 0.952. The van der Waals surface area contributed by atoms with Crippen LogP contribution in [-0.2, 0) is 4.79 Å². The summed E-state index contributed by atoms with van der Waals surface area (Å²) in [7, 11) is 4.43. The molecule has 2 aromatic rings. The number of carboxylic acids is 1. The van der Waals surface area contributed by atoms with E-state index >= 15 is 0 Å². The molecule has 24 heavy (non-hydrogen) atoms. The largest absolute Gasteiger partial charge is 0.493 e. The van der Waals surface area contributed by atoms with Gasteiger partial charge < -0.3 is 19.3 Å². The van der Waals surface area contributed by atoms with Crippen LogP contribution >= 0.6 is 0 Å². The van der Waals surface area contributed by atoms with Gasteiger partial charge in [-0.15, -0.1) is 0 Å². The monoisotopic (exact) mass is 332 g/mol. The molecule has 0 bridgehead atoms. The van der Waals surface area contributed by atoms with Crippen molar-refractivity contribution in [1.82, 2.24) is 0 Å². The summed E-state index contributed by atoms with van der Waals surface area (Å²) in [5, 5.41) is 9.46. The molecule has 0 amide bonds. The van der Waals surface area contributed by atoms with E-state index in [4.69, 9.17) is 14.2 Å². The van der Waals surface area contributed by atoms with Crippen molar-refractivity contribution in [2.24, 2.45) is 0 Å². The minimum Gasteiger partial charge on any atom is -0.493 e.